The van der Waals surface area contributed by atoms with Gasteiger partial charge in [0.1, 0.15) is 0 Å². The Balaban J connectivity index is 2.00. The smallest absolute Gasteiger partial charge is 0.0456 e. The molecule has 1 aromatic heterocycles. The molecule has 66 valence electrons. The lowest BCUT2D eigenvalue weighted by Crippen LogP contribution is -1.84. The number of fused-ring (bicyclic) bond motifs is 1. The molecule has 1 aromatic carbocycles. The first-order valence-corrected chi connectivity index (χ1v) is 4.98. The van der Waals surface area contributed by atoms with Crippen LogP contribution in [0.5, 0.6) is 0 Å². The average Bonchev–Trinajstić information content (AvgIpc) is 2.85. The topological polar surface area (TPSA) is 15.8 Å². The summed E-state index contributed by atoms with van der Waals surface area (Å²) in [6, 6.07) is 10.8. The van der Waals surface area contributed by atoms with E-state index < -0.39 is 0 Å². The summed E-state index contributed by atoms with van der Waals surface area (Å²) in [6.45, 7) is 0. The lowest BCUT2D eigenvalue weighted by molar-refractivity contribution is 0.813. The molecule has 0 amide bonds. The van der Waals surface area contributed by atoms with Crippen molar-refractivity contribution in [2.75, 3.05) is 0 Å². The van der Waals surface area contributed by atoms with Crippen molar-refractivity contribution >= 4 is 10.9 Å². The molecule has 0 atom stereocenters. The minimum atomic E-state index is 0.966. The van der Waals surface area contributed by atoms with E-state index in [1.165, 1.54) is 35.9 Å². The first kappa shape index (κ1) is 7.19. The van der Waals surface area contributed by atoms with Crippen LogP contribution in [0.25, 0.3) is 10.9 Å². The van der Waals surface area contributed by atoms with Crippen molar-refractivity contribution in [2.24, 2.45) is 5.92 Å². The van der Waals surface area contributed by atoms with Crippen molar-refractivity contribution in [3.8, 4) is 0 Å². The Morgan fingerprint density at radius 2 is 2.08 bits per heavy atom. The Bertz CT molecular complexity index is 390. The van der Waals surface area contributed by atoms with Crippen LogP contribution < -0.4 is 0 Å². The van der Waals surface area contributed by atoms with E-state index in [0.29, 0.717) is 0 Å². The predicted octanol–water partition coefficient (Wildman–Crippen LogP) is 3.12. The largest absolute Gasteiger partial charge is 0.358 e. The number of hydrogen-bond donors (Lipinski definition) is 1. The van der Waals surface area contributed by atoms with Crippen LogP contribution in [0.1, 0.15) is 18.5 Å². The van der Waals surface area contributed by atoms with Gasteiger partial charge in [-0.3, -0.25) is 0 Å². The molecule has 0 radical (unpaired) electrons. The van der Waals surface area contributed by atoms with Gasteiger partial charge in [0.15, 0.2) is 0 Å². The van der Waals surface area contributed by atoms with E-state index in [-0.39, 0.29) is 0 Å². The molecule has 1 saturated carbocycles. The molecule has 13 heavy (non-hydrogen) atoms. The monoisotopic (exact) mass is 171 g/mol. The van der Waals surface area contributed by atoms with Crippen LogP contribution in [0.2, 0.25) is 0 Å². The quantitative estimate of drug-likeness (QED) is 0.714. The third-order valence-electron chi connectivity index (χ3n) is 2.79. The first-order chi connectivity index (χ1) is 6.42. The molecule has 0 spiro atoms. The molecule has 2 aromatic rings. The second-order valence-corrected chi connectivity index (χ2v) is 4.03. The van der Waals surface area contributed by atoms with Gasteiger partial charge < -0.3 is 4.98 Å². The molecule has 1 aliphatic carbocycles. The third kappa shape index (κ3) is 1.35. The van der Waals surface area contributed by atoms with Crippen molar-refractivity contribution in [3.63, 3.8) is 0 Å². The Kier molecular flexibility index (Phi) is 1.45. The zero-order valence-electron chi connectivity index (χ0n) is 7.59. The fraction of sp³-hybridized carbons (Fsp3) is 0.333. The molecule has 1 aliphatic rings. The van der Waals surface area contributed by atoms with Crippen LogP contribution >= 0.6 is 0 Å². The highest BCUT2D eigenvalue weighted by molar-refractivity contribution is 5.80. The maximum atomic E-state index is 3.47. The van der Waals surface area contributed by atoms with Crippen LogP contribution in [0.3, 0.4) is 0 Å². The standard InChI is InChI=1S/C12H13N/c1-2-4-12-10(3-1)8-11(13-12)7-9-5-6-9/h1-4,8-9,13H,5-7H2. The molecule has 1 heterocycles. The summed E-state index contributed by atoms with van der Waals surface area (Å²) in [5.41, 5.74) is 2.68. The fourth-order valence-corrected chi connectivity index (χ4v) is 1.88. The summed E-state index contributed by atoms with van der Waals surface area (Å²) in [7, 11) is 0. The Hall–Kier alpha value is -1.24. The Morgan fingerprint density at radius 1 is 1.23 bits per heavy atom. The van der Waals surface area contributed by atoms with E-state index in [1.807, 2.05) is 0 Å². The molecular formula is C12H13N. The molecule has 0 unspecified atom stereocenters. The molecule has 0 bridgehead atoms. The fourth-order valence-electron chi connectivity index (χ4n) is 1.88. The van der Waals surface area contributed by atoms with Gasteiger partial charge in [-0.25, -0.2) is 0 Å². The van der Waals surface area contributed by atoms with Gasteiger partial charge >= 0.3 is 0 Å². The molecular weight excluding hydrogens is 158 g/mol. The zero-order chi connectivity index (χ0) is 8.67. The van der Waals surface area contributed by atoms with Crippen LogP contribution in [-0.4, -0.2) is 4.98 Å². The van der Waals surface area contributed by atoms with Gasteiger partial charge in [0.2, 0.25) is 0 Å². The summed E-state index contributed by atoms with van der Waals surface area (Å²) in [4.78, 5) is 3.47. The summed E-state index contributed by atoms with van der Waals surface area (Å²) >= 11 is 0. The van der Waals surface area contributed by atoms with Gasteiger partial charge in [-0.05, 0) is 42.7 Å². The number of aromatic amines is 1. The lowest BCUT2D eigenvalue weighted by Gasteiger charge is -1.91. The normalized spacial score (nSPS) is 16.6. The van der Waals surface area contributed by atoms with Crippen molar-refractivity contribution in [1.82, 2.24) is 4.98 Å². The van der Waals surface area contributed by atoms with Crippen molar-refractivity contribution < 1.29 is 0 Å². The summed E-state index contributed by atoms with van der Waals surface area (Å²) in [5.74, 6) is 0.966. The van der Waals surface area contributed by atoms with Gasteiger partial charge in [0.05, 0.1) is 0 Å². The minimum absolute atomic E-state index is 0.966. The predicted molar refractivity (Wildman–Crippen MR) is 54.7 cm³/mol. The highest BCUT2D eigenvalue weighted by Crippen LogP contribution is 2.32. The van der Waals surface area contributed by atoms with E-state index >= 15 is 0 Å². The van der Waals surface area contributed by atoms with Gasteiger partial charge in [-0.1, -0.05) is 18.2 Å². The SMILES string of the molecule is c1ccc2[nH]c(CC3CC3)cc2c1. The number of H-pyrrole nitrogens is 1. The van der Waals surface area contributed by atoms with Crippen molar-refractivity contribution in [2.45, 2.75) is 19.3 Å². The van der Waals surface area contributed by atoms with Crippen LogP contribution in [0.4, 0.5) is 0 Å². The number of rotatable bonds is 2. The van der Waals surface area contributed by atoms with Gasteiger partial charge in [0, 0.05) is 11.2 Å². The lowest BCUT2D eigenvalue weighted by atomic mass is 10.2. The molecule has 3 rings (SSSR count). The van der Waals surface area contributed by atoms with E-state index in [1.54, 1.807) is 0 Å². The average molecular weight is 171 g/mol. The second-order valence-electron chi connectivity index (χ2n) is 4.03. The number of aromatic nitrogens is 1. The molecule has 1 nitrogen and oxygen atoms in total. The van der Waals surface area contributed by atoms with Crippen LogP contribution in [0.15, 0.2) is 30.3 Å². The van der Waals surface area contributed by atoms with E-state index in [4.69, 9.17) is 0 Å². The van der Waals surface area contributed by atoms with E-state index in [2.05, 4.69) is 35.3 Å². The molecule has 0 saturated heterocycles. The molecule has 1 N–H and O–H groups in total. The molecule has 1 fully saturated rings. The second kappa shape index (κ2) is 2.63. The van der Waals surface area contributed by atoms with Crippen molar-refractivity contribution in [1.29, 1.82) is 0 Å². The highest BCUT2D eigenvalue weighted by Gasteiger charge is 2.21. The van der Waals surface area contributed by atoms with Gasteiger partial charge in [0.25, 0.3) is 0 Å². The van der Waals surface area contributed by atoms with Crippen LogP contribution in [-0.2, 0) is 6.42 Å². The van der Waals surface area contributed by atoms with Gasteiger partial charge in [-0.15, -0.1) is 0 Å². The number of para-hydroxylation sites is 1. The first-order valence-electron chi connectivity index (χ1n) is 4.98. The van der Waals surface area contributed by atoms with Crippen molar-refractivity contribution in [3.05, 3.63) is 36.0 Å². The third-order valence-corrected chi connectivity index (χ3v) is 2.79. The molecule has 1 heteroatoms. The minimum Gasteiger partial charge on any atom is -0.358 e. The highest BCUT2D eigenvalue weighted by atomic mass is 14.7. The number of hydrogen-bond acceptors (Lipinski definition) is 0. The Morgan fingerprint density at radius 3 is 2.85 bits per heavy atom. The summed E-state index contributed by atoms with van der Waals surface area (Å²) < 4.78 is 0. The zero-order valence-corrected chi connectivity index (χ0v) is 7.59. The van der Waals surface area contributed by atoms with Crippen LogP contribution in [0, 0.1) is 5.92 Å². The van der Waals surface area contributed by atoms with Gasteiger partial charge in [-0.2, -0.15) is 0 Å². The Labute approximate surface area is 77.8 Å². The molecule has 0 aliphatic heterocycles. The maximum absolute atomic E-state index is 3.47. The number of benzene rings is 1. The van der Waals surface area contributed by atoms with E-state index in [0.717, 1.165) is 5.92 Å². The summed E-state index contributed by atoms with van der Waals surface area (Å²) in [6.07, 6.45) is 4.10. The number of nitrogens with one attached hydrogen (secondary N) is 1. The van der Waals surface area contributed by atoms with E-state index in [9.17, 15) is 0 Å². The summed E-state index contributed by atoms with van der Waals surface area (Å²) in [5, 5.41) is 1.35. The maximum Gasteiger partial charge on any atom is 0.0456 e.